The van der Waals surface area contributed by atoms with E-state index >= 15 is 0 Å². The Morgan fingerprint density at radius 2 is 1.48 bits per heavy atom. The van der Waals surface area contributed by atoms with Gasteiger partial charge in [-0.15, -0.1) is 0 Å². The summed E-state index contributed by atoms with van der Waals surface area (Å²) >= 11 is 0. The van der Waals surface area contributed by atoms with Gasteiger partial charge >= 0.3 is 0 Å². The van der Waals surface area contributed by atoms with Crippen molar-refractivity contribution in [3.8, 4) is 5.75 Å². The lowest BCUT2D eigenvalue weighted by atomic mass is 9.98. The molecule has 2 aliphatic heterocycles. The van der Waals surface area contributed by atoms with E-state index in [9.17, 15) is 10.2 Å². The summed E-state index contributed by atoms with van der Waals surface area (Å²) in [5.74, 6) is 0.822. The smallest absolute Gasteiger partial charge is 0.186 e. The first-order chi connectivity index (χ1) is 16.1. The van der Waals surface area contributed by atoms with E-state index in [1.807, 2.05) is 24.3 Å². The first kappa shape index (κ1) is 26.4. The first-order valence-corrected chi connectivity index (χ1v) is 12.7. The average Bonchev–Trinajstić information content (AvgIpc) is 2.85. The van der Waals surface area contributed by atoms with E-state index in [2.05, 4.69) is 6.92 Å². The summed E-state index contributed by atoms with van der Waals surface area (Å²) < 4.78 is 28.3. The van der Waals surface area contributed by atoms with Gasteiger partial charge in [-0.3, -0.25) is 0 Å². The minimum absolute atomic E-state index is 0.246. The topological polar surface area (TPSA) is 86.6 Å². The highest BCUT2D eigenvalue weighted by Gasteiger charge is 2.49. The van der Waals surface area contributed by atoms with Crippen molar-refractivity contribution < 1.29 is 33.9 Å². The van der Waals surface area contributed by atoms with Gasteiger partial charge in [0.2, 0.25) is 0 Å². The van der Waals surface area contributed by atoms with E-state index in [1.165, 1.54) is 64.9 Å². The molecule has 0 radical (unpaired) electrons. The van der Waals surface area contributed by atoms with Crippen LogP contribution in [-0.4, -0.2) is 61.2 Å². The van der Waals surface area contributed by atoms with Crippen LogP contribution in [0.5, 0.6) is 5.75 Å². The van der Waals surface area contributed by atoms with Gasteiger partial charge in [-0.05, 0) is 18.6 Å². The molecule has 2 N–H and O–H groups in total. The van der Waals surface area contributed by atoms with Gasteiger partial charge in [0, 0.05) is 12.7 Å². The van der Waals surface area contributed by atoms with Crippen molar-refractivity contribution >= 4 is 0 Å². The summed E-state index contributed by atoms with van der Waals surface area (Å²) in [6.45, 7) is 3.22. The molecule has 188 valence electrons. The molecule has 7 heteroatoms. The van der Waals surface area contributed by atoms with Crippen molar-refractivity contribution in [2.45, 2.75) is 108 Å². The van der Waals surface area contributed by atoms with Crippen LogP contribution < -0.4 is 4.74 Å². The van der Waals surface area contributed by atoms with Crippen LogP contribution >= 0.6 is 0 Å². The third-order valence-electron chi connectivity index (χ3n) is 6.48. The molecule has 7 nitrogen and oxygen atoms in total. The fourth-order valence-electron chi connectivity index (χ4n) is 4.44. The highest BCUT2D eigenvalue weighted by atomic mass is 16.7. The van der Waals surface area contributed by atoms with Gasteiger partial charge in [0.05, 0.1) is 13.2 Å². The van der Waals surface area contributed by atoms with Crippen molar-refractivity contribution in [1.82, 2.24) is 0 Å². The summed E-state index contributed by atoms with van der Waals surface area (Å²) in [5, 5.41) is 20.5. The average molecular weight is 467 g/mol. The van der Waals surface area contributed by atoms with Crippen molar-refractivity contribution in [2.75, 3.05) is 20.3 Å². The molecule has 3 rings (SSSR count). The molecule has 2 saturated heterocycles. The largest absolute Gasteiger partial charge is 0.494 e. The number of methoxy groups -OCH3 is 1. The number of hydrogen-bond donors (Lipinski definition) is 2. The van der Waals surface area contributed by atoms with E-state index < -0.39 is 37.0 Å². The van der Waals surface area contributed by atoms with Gasteiger partial charge in [-0.2, -0.15) is 0 Å². The number of hydrogen-bond acceptors (Lipinski definition) is 7. The standard InChI is InChI=1S/C26H42O7/c1-3-4-5-6-7-8-9-10-11-12-17-30-20-15-13-19(14-16-20)25-31-18-21-24(33-25)22(27)23(28)26(29-2)32-21/h13-16,21-28H,3-12,17-18H2,1-2H3/t21-,22-,23+,24-,25?,26+/m1/s1. The summed E-state index contributed by atoms with van der Waals surface area (Å²) in [4.78, 5) is 0. The predicted molar refractivity (Wildman–Crippen MR) is 125 cm³/mol. The number of fused-ring (bicyclic) bond motifs is 1. The van der Waals surface area contributed by atoms with Gasteiger partial charge in [-0.25, -0.2) is 0 Å². The van der Waals surface area contributed by atoms with Crippen LogP contribution in [0.1, 0.15) is 83.0 Å². The lowest BCUT2D eigenvalue weighted by molar-refractivity contribution is -0.358. The minimum atomic E-state index is -1.17. The third-order valence-corrected chi connectivity index (χ3v) is 6.48. The van der Waals surface area contributed by atoms with Gasteiger partial charge in [0.1, 0.15) is 30.2 Å². The Labute approximate surface area is 198 Å². The van der Waals surface area contributed by atoms with Crippen molar-refractivity contribution in [1.29, 1.82) is 0 Å². The van der Waals surface area contributed by atoms with Gasteiger partial charge in [-0.1, -0.05) is 76.8 Å². The second kappa shape index (κ2) is 14.2. The second-order valence-electron chi connectivity index (χ2n) is 9.13. The Bertz CT molecular complexity index is 651. The van der Waals surface area contributed by atoms with Crippen molar-refractivity contribution in [2.24, 2.45) is 0 Å². The maximum atomic E-state index is 10.4. The maximum absolute atomic E-state index is 10.4. The number of aliphatic hydroxyl groups excluding tert-OH is 2. The third kappa shape index (κ3) is 7.91. The second-order valence-corrected chi connectivity index (χ2v) is 9.13. The molecule has 0 amide bonds. The van der Waals surface area contributed by atoms with Crippen LogP contribution in [0.4, 0.5) is 0 Å². The molecule has 6 atom stereocenters. The predicted octanol–water partition coefficient (Wildman–Crippen LogP) is 4.49. The number of benzene rings is 1. The molecule has 0 aliphatic carbocycles. The molecular formula is C26H42O7. The zero-order valence-electron chi connectivity index (χ0n) is 20.2. The molecule has 1 aromatic carbocycles. The molecule has 0 bridgehead atoms. The van der Waals surface area contributed by atoms with Crippen LogP contribution in [-0.2, 0) is 18.9 Å². The zero-order chi connectivity index (χ0) is 23.5. The molecule has 0 aromatic heterocycles. The number of ether oxygens (including phenoxy) is 5. The van der Waals surface area contributed by atoms with E-state index in [4.69, 9.17) is 23.7 Å². The number of unbranched alkanes of at least 4 members (excludes halogenated alkanes) is 9. The minimum Gasteiger partial charge on any atom is -0.494 e. The molecule has 2 heterocycles. The van der Waals surface area contributed by atoms with Crippen LogP contribution in [0.25, 0.3) is 0 Å². The van der Waals surface area contributed by atoms with E-state index in [0.717, 1.165) is 24.3 Å². The van der Waals surface area contributed by atoms with Gasteiger partial charge < -0.3 is 33.9 Å². The number of rotatable bonds is 14. The fourth-order valence-corrected chi connectivity index (χ4v) is 4.44. The van der Waals surface area contributed by atoms with Crippen LogP contribution in [0, 0.1) is 0 Å². The molecule has 1 unspecified atom stereocenters. The Kier molecular flexibility index (Phi) is 11.4. The highest BCUT2D eigenvalue weighted by Crippen LogP contribution is 2.34. The molecule has 2 fully saturated rings. The van der Waals surface area contributed by atoms with Crippen molar-refractivity contribution in [3.63, 3.8) is 0 Å². The maximum Gasteiger partial charge on any atom is 0.186 e. The quantitative estimate of drug-likeness (QED) is 0.391. The fraction of sp³-hybridized carbons (Fsp3) is 0.769. The summed E-state index contributed by atoms with van der Waals surface area (Å²) in [6, 6.07) is 7.63. The Hall–Kier alpha value is -1.22. The molecular weight excluding hydrogens is 424 g/mol. The van der Waals surface area contributed by atoms with Gasteiger partial charge in [0.25, 0.3) is 0 Å². The normalized spacial score (nSPS) is 29.6. The van der Waals surface area contributed by atoms with E-state index in [0.29, 0.717) is 0 Å². The summed E-state index contributed by atoms with van der Waals surface area (Å²) in [6.07, 6.45) is 8.09. The lowest BCUT2D eigenvalue weighted by Gasteiger charge is -2.45. The molecule has 33 heavy (non-hydrogen) atoms. The summed E-state index contributed by atoms with van der Waals surface area (Å²) in [5.41, 5.74) is 0.829. The van der Waals surface area contributed by atoms with Gasteiger partial charge in [0.15, 0.2) is 12.6 Å². The Balaban J connectivity index is 1.32. The number of aliphatic hydroxyl groups is 2. The van der Waals surface area contributed by atoms with Crippen molar-refractivity contribution in [3.05, 3.63) is 29.8 Å². The van der Waals surface area contributed by atoms with E-state index in [-0.39, 0.29) is 6.61 Å². The highest BCUT2D eigenvalue weighted by molar-refractivity contribution is 5.28. The Morgan fingerprint density at radius 1 is 0.848 bits per heavy atom. The van der Waals surface area contributed by atoms with Crippen LogP contribution in [0.2, 0.25) is 0 Å². The van der Waals surface area contributed by atoms with Crippen LogP contribution in [0.15, 0.2) is 24.3 Å². The molecule has 2 aliphatic rings. The van der Waals surface area contributed by atoms with Crippen LogP contribution in [0.3, 0.4) is 0 Å². The zero-order valence-corrected chi connectivity index (χ0v) is 20.2. The molecule has 0 spiro atoms. The molecule has 1 aromatic rings. The Morgan fingerprint density at radius 3 is 2.12 bits per heavy atom. The first-order valence-electron chi connectivity index (χ1n) is 12.7. The SMILES string of the molecule is CCCCCCCCCCCCOc1ccc(C2OC[C@H]3O[C@H](OC)[C@@H](O)[C@@H](O)[C@@H]3O2)cc1. The summed E-state index contributed by atoms with van der Waals surface area (Å²) in [7, 11) is 1.42. The van der Waals surface area contributed by atoms with E-state index in [1.54, 1.807) is 0 Å². The molecule has 0 saturated carbocycles. The lowest BCUT2D eigenvalue weighted by Crippen LogP contribution is -2.62. The monoisotopic (exact) mass is 466 g/mol.